The summed E-state index contributed by atoms with van der Waals surface area (Å²) in [6, 6.07) is 6.46. The number of piperidine rings is 2. The van der Waals surface area contributed by atoms with E-state index in [0.29, 0.717) is 0 Å². The first-order valence-corrected chi connectivity index (χ1v) is 25.3. The molecule has 0 spiro atoms. The van der Waals surface area contributed by atoms with Crippen LogP contribution in [0.5, 0.6) is 0 Å². The van der Waals surface area contributed by atoms with Crippen LogP contribution in [0.1, 0.15) is 123 Å². The van der Waals surface area contributed by atoms with Crippen molar-refractivity contribution in [2.24, 2.45) is 30.7 Å². The van der Waals surface area contributed by atoms with Crippen molar-refractivity contribution in [2.45, 2.75) is 134 Å². The first-order valence-electron chi connectivity index (χ1n) is 23.6. The Bertz CT molecular complexity index is 1320. The van der Waals surface area contributed by atoms with Crippen molar-refractivity contribution >= 4 is 22.7 Å². The van der Waals surface area contributed by atoms with E-state index in [1.807, 2.05) is 27.0 Å². The molecule has 0 radical (unpaired) electrons. The van der Waals surface area contributed by atoms with Gasteiger partial charge in [-0.15, -0.1) is 22.7 Å². The third-order valence-corrected chi connectivity index (χ3v) is 13.9. The summed E-state index contributed by atoms with van der Waals surface area (Å²) in [6.07, 6.45) is 15.6. The van der Waals surface area contributed by atoms with Crippen LogP contribution in [0.3, 0.4) is 0 Å². The van der Waals surface area contributed by atoms with Crippen LogP contribution < -0.4 is 0 Å². The van der Waals surface area contributed by atoms with E-state index in [1.54, 1.807) is 22.7 Å². The highest BCUT2D eigenvalue weighted by Crippen LogP contribution is 2.27. The maximum Gasteiger partial charge on any atom is 0.0897 e. The minimum atomic E-state index is 0.978. The van der Waals surface area contributed by atoms with Gasteiger partial charge in [0.1, 0.15) is 0 Å². The molecule has 1 N–H and O–H groups in total. The molecular formula is C52H95N7S2. The third kappa shape index (κ3) is 30.5. The van der Waals surface area contributed by atoms with Gasteiger partial charge in [0, 0.05) is 73.0 Å². The van der Waals surface area contributed by atoms with Crippen molar-refractivity contribution in [3.63, 3.8) is 0 Å². The van der Waals surface area contributed by atoms with Crippen molar-refractivity contribution in [3.05, 3.63) is 85.0 Å². The van der Waals surface area contributed by atoms with Crippen LogP contribution in [0.4, 0.5) is 0 Å². The monoisotopic (exact) mass is 882 g/mol. The second-order valence-corrected chi connectivity index (χ2v) is 21.5. The summed E-state index contributed by atoms with van der Waals surface area (Å²) in [6.45, 7) is 36.2. The molecule has 4 fully saturated rings. The molecule has 8 rings (SSSR count). The lowest BCUT2D eigenvalue weighted by Crippen LogP contribution is -2.42. The number of nitrogens with one attached hydrogen (secondary N) is 1. The Morgan fingerprint density at radius 3 is 1.10 bits per heavy atom. The van der Waals surface area contributed by atoms with Gasteiger partial charge in [-0.2, -0.15) is 0 Å². The maximum absolute atomic E-state index is 4.13. The average Bonchev–Trinajstić information content (AvgIpc) is 3.99. The normalized spacial score (nSPS) is 20.1. The molecule has 3 saturated heterocycles. The quantitative estimate of drug-likeness (QED) is 0.191. The van der Waals surface area contributed by atoms with Crippen molar-refractivity contribution in [2.75, 3.05) is 80.5 Å². The van der Waals surface area contributed by atoms with Crippen LogP contribution in [0.15, 0.2) is 41.4 Å². The average molecular weight is 883 g/mol. The van der Waals surface area contributed by atoms with Crippen LogP contribution in [0.2, 0.25) is 0 Å². The number of hydrogen-bond acceptors (Lipinski definition) is 7. The molecular weight excluding hydrogens is 787 g/mol. The first-order chi connectivity index (χ1) is 28.7. The molecule has 1 saturated carbocycles. The molecule has 0 unspecified atom stereocenters. The van der Waals surface area contributed by atoms with Crippen LogP contribution in [-0.4, -0.2) is 115 Å². The van der Waals surface area contributed by atoms with Gasteiger partial charge >= 0.3 is 0 Å². The second kappa shape index (κ2) is 32.4. The Hall–Kier alpha value is -2.27. The van der Waals surface area contributed by atoms with Crippen LogP contribution >= 0.6 is 22.7 Å². The van der Waals surface area contributed by atoms with Gasteiger partial charge in [0.25, 0.3) is 0 Å². The van der Waals surface area contributed by atoms with Gasteiger partial charge in [0.2, 0.25) is 0 Å². The Morgan fingerprint density at radius 1 is 0.492 bits per heavy atom. The van der Waals surface area contributed by atoms with E-state index < -0.39 is 0 Å². The molecule has 7 nitrogen and oxygen atoms in total. The summed E-state index contributed by atoms with van der Waals surface area (Å²) in [5.41, 5.74) is 7.70. The van der Waals surface area contributed by atoms with Gasteiger partial charge in [-0.3, -0.25) is 0 Å². The topological polar surface area (TPSA) is 46.6 Å². The van der Waals surface area contributed by atoms with Crippen molar-refractivity contribution in [1.29, 1.82) is 0 Å². The molecule has 1 aliphatic carbocycles. The number of thiazole rings is 1. The lowest BCUT2D eigenvalue weighted by Gasteiger charge is -2.28. The van der Waals surface area contributed by atoms with Gasteiger partial charge in [0.15, 0.2) is 0 Å². The molecule has 4 aliphatic rings. The number of nitrogens with zero attached hydrogens (tertiary/aromatic N) is 6. The number of aryl methyl sites for hydroxylation is 9. The Kier molecular flexibility index (Phi) is 30.1. The number of likely N-dealkylation sites (tertiary alicyclic amines) is 2. The number of thiophene rings is 1. The molecule has 9 heteroatoms. The Labute approximate surface area is 385 Å². The fourth-order valence-electron chi connectivity index (χ4n) is 7.18. The fourth-order valence-corrected chi connectivity index (χ4v) is 8.47. The SMILES string of the molecule is CC1CCC(C)CC1.CC1CCN(C)CC1.CC1CCN(C)CC1.CN1CCN(C)CC1.Cc1c[nH]c(C)c1.Cc1cc(C)n(C)c1.Cc1csc(C)c1.Cc1csc(C)n1. The number of aromatic amines is 1. The highest BCUT2D eigenvalue weighted by atomic mass is 32.1. The molecule has 61 heavy (non-hydrogen) atoms. The molecule has 0 aromatic carbocycles. The number of piperazine rings is 1. The summed E-state index contributed by atoms with van der Waals surface area (Å²) in [5, 5.41) is 5.36. The molecule has 0 amide bonds. The number of H-pyrrole nitrogens is 1. The van der Waals surface area contributed by atoms with Gasteiger partial charge < -0.3 is 29.2 Å². The van der Waals surface area contributed by atoms with Crippen LogP contribution in [-0.2, 0) is 7.05 Å². The Morgan fingerprint density at radius 2 is 0.918 bits per heavy atom. The summed E-state index contributed by atoms with van der Waals surface area (Å²) >= 11 is 3.50. The zero-order valence-corrected chi connectivity index (χ0v) is 44.3. The summed E-state index contributed by atoms with van der Waals surface area (Å²) in [7, 11) is 10.8. The van der Waals surface area contributed by atoms with E-state index in [1.165, 1.54) is 137 Å². The highest BCUT2D eigenvalue weighted by Gasteiger charge is 2.14. The standard InChI is InChI=1S/C8H16.C7H11N.2C7H15N.C6H14N2.C6H9N.C6H8S.C5H7NS/c1-7-3-5-8(2)6-4-7;1-6-4-7(2)8(3)5-6;3*1-7-3-5-8(2)6-4-7;2*1-5-3-6(2)7-4-5;1-4-3-7-5(2)6-4/h7-8H,3-6H2,1-2H3;4-5H,1-3H3;2*7H,3-6H2,1-2H3;3-6H2,1-2H3;3-4,7H,1-2H3;3-4H,1-2H3;3H,1-2H3. The number of rotatable bonds is 0. The predicted molar refractivity (Wildman–Crippen MR) is 274 cm³/mol. The van der Waals surface area contributed by atoms with E-state index in [4.69, 9.17) is 0 Å². The molecule has 4 aromatic rings. The number of aromatic nitrogens is 3. The van der Waals surface area contributed by atoms with E-state index in [9.17, 15) is 0 Å². The second-order valence-electron chi connectivity index (χ2n) is 19.3. The fraction of sp³-hybridized carbons (Fsp3) is 0.712. The number of hydrogen-bond donors (Lipinski definition) is 1. The van der Waals surface area contributed by atoms with Gasteiger partial charge in [-0.25, -0.2) is 4.98 Å². The van der Waals surface area contributed by atoms with Gasteiger partial charge in [-0.05, 0) is 199 Å². The summed E-state index contributed by atoms with van der Waals surface area (Å²) in [5.74, 6) is 4.00. The molecule has 0 atom stereocenters. The minimum absolute atomic E-state index is 0.978. The maximum atomic E-state index is 4.13. The zero-order valence-electron chi connectivity index (χ0n) is 42.7. The van der Waals surface area contributed by atoms with Crippen LogP contribution in [0, 0.1) is 79.1 Å². The van der Waals surface area contributed by atoms with Crippen LogP contribution in [0.25, 0.3) is 0 Å². The minimum Gasteiger partial charge on any atom is -0.365 e. The summed E-state index contributed by atoms with van der Waals surface area (Å²) < 4.78 is 2.12. The number of likely N-dealkylation sites (N-methyl/N-ethyl adjacent to an activating group) is 2. The van der Waals surface area contributed by atoms with Crippen molar-refractivity contribution < 1.29 is 0 Å². The largest absolute Gasteiger partial charge is 0.365 e. The molecule has 3 aliphatic heterocycles. The smallest absolute Gasteiger partial charge is 0.0897 e. The van der Waals surface area contributed by atoms with Gasteiger partial charge in [-0.1, -0.05) is 53.4 Å². The lowest BCUT2D eigenvalue weighted by molar-refractivity contribution is 0.181. The molecule has 0 bridgehead atoms. The van der Waals surface area contributed by atoms with E-state index in [-0.39, 0.29) is 0 Å². The van der Waals surface area contributed by atoms with E-state index in [2.05, 4.69) is 167 Å². The highest BCUT2D eigenvalue weighted by molar-refractivity contribution is 7.10. The van der Waals surface area contributed by atoms with E-state index in [0.717, 1.165) is 34.4 Å². The lowest BCUT2D eigenvalue weighted by atomic mass is 9.84. The Balaban J connectivity index is 0.000000349. The van der Waals surface area contributed by atoms with Crippen molar-refractivity contribution in [3.8, 4) is 0 Å². The third-order valence-electron chi connectivity index (χ3n) is 12.0. The van der Waals surface area contributed by atoms with E-state index >= 15 is 0 Å². The molecule has 4 aromatic heterocycles. The van der Waals surface area contributed by atoms with Crippen molar-refractivity contribution in [1.82, 2.24) is 34.1 Å². The molecule has 350 valence electrons. The zero-order chi connectivity index (χ0) is 45.9. The van der Waals surface area contributed by atoms with Gasteiger partial charge in [0.05, 0.1) is 5.01 Å². The molecule has 7 heterocycles. The summed E-state index contributed by atoms with van der Waals surface area (Å²) in [4.78, 5) is 18.1. The predicted octanol–water partition coefficient (Wildman–Crippen LogP) is 12.8. The first kappa shape index (κ1) is 56.7.